The van der Waals surface area contributed by atoms with E-state index < -0.39 is 0 Å². The van der Waals surface area contributed by atoms with Crippen LogP contribution in [0.4, 0.5) is 0 Å². The van der Waals surface area contributed by atoms with E-state index in [1.807, 2.05) is 4.68 Å². The molecule has 0 radical (unpaired) electrons. The van der Waals surface area contributed by atoms with Gasteiger partial charge in [0.05, 0.1) is 5.69 Å². The molecule has 4 rings (SSSR count). The van der Waals surface area contributed by atoms with E-state index in [-0.39, 0.29) is 0 Å². The first-order valence-corrected chi connectivity index (χ1v) is 7.46. The van der Waals surface area contributed by atoms with Crippen molar-refractivity contribution in [2.45, 2.75) is 18.8 Å². The van der Waals surface area contributed by atoms with Crippen molar-refractivity contribution in [2.24, 2.45) is 0 Å². The normalized spacial score (nSPS) is 17.6. The van der Waals surface area contributed by atoms with Crippen LogP contribution in [0.2, 0.25) is 0 Å². The van der Waals surface area contributed by atoms with Crippen LogP contribution in [0.3, 0.4) is 0 Å². The number of likely N-dealkylation sites (tertiary alicyclic amines) is 1. The Morgan fingerprint density at radius 1 is 1.24 bits per heavy atom. The van der Waals surface area contributed by atoms with Gasteiger partial charge in [0.25, 0.3) is 0 Å². The first-order chi connectivity index (χ1) is 10.3. The molecule has 2 aromatic heterocycles. The quantitative estimate of drug-likeness (QED) is 0.785. The lowest BCUT2D eigenvalue weighted by Crippen LogP contribution is -2.29. The summed E-state index contributed by atoms with van der Waals surface area (Å²) in [4.78, 5) is 9.84. The highest BCUT2D eigenvalue weighted by molar-refractivity contribution is 5.85. The molecular weight excluding hydrogens is 262 g/mol. The molecule has 1 fully saturated rings. The van der Waals surface area contributed by atoms with Gasteiger partial charge in [-0.1, -0.05) is 0 Å². The number of hydrogen-bond acceptors (Lipinski definition) is 3. The first-order valence-electron chi connectivity index (χ1n) is 7.46. The predicted molar refractivity (Wildman–Crippen MR) is 82.7 cm³/mol. The van der Waals surface area contributed by atoms with Crippen LogP contribution in [0.5, 0.6) is 0 Å². The zero-order valence-corrected chi connectivity index (χ0v) is 12.2. The monoisotopic (exact) mass is 281 g/mol. The number of nitrogens with one attached hydrogen (secondary N) is 1. The smallest absolute Gasteiger partial charge is 0.138 e. The van der Waals surface area contributed by atoms with Gasteiger partial charge in [-0.2, -0.15) is 5.10 Å². The lowest BCUT2D eigenvalue weighted by molar-refractivity contribution is 0.256. The lowest BCUT2D eigenvalue weighted by Gasteiger charge is -2.28. The molecule has 3 heterocycles. The fourth-order valence-corrected chi connectivity index (χ4v) is 3.27. The van der Waals surface area contributed by atoms with Crippen molar-refractivity contribution in [1.82, 2.24) is 24.6 Å². The first kappa shape index (κ1) is 12.6. The largest absolute Gasteiger partial charge is 0.361 e. The van der Waals surface area contributed by atoms with Crippen molar-refractivity contribution in [3.63, 3.8) is 0 Å². The number of H-pyrrole nitrogens is 1. The molecule has 1 aromatic carbocycles. The van der Waals surface area contributed by atoms with Crippen LogP contribution < -0.4 is 0 Å². The van der Waals surface area contributed by atoms with Gasteiger partial charge in [-0.3, -0.25) is 0 Å². The molecule has 1 aliphatic heterocycles. The number of aromatic amines is 1. The average molecular weight is 281 g/mol. The lowest BCUT2D eigenvalue weighted by atomic mass is 9.89. The molecule has 0 spiro atoms. The molecule has 1 aliphatic rings. The summed E-state index contributed by atoms with van der Waals surface area (Å²) >= 11 is 0. The van der Waals surface area contributed by atoms with E-state index in [2.05, 4.69) is 51.4 Å². The molecule has 0 bridgehead atoms. The number of aromatic nitrogens is 4. The van der Waals surface area contributed by atoms with E-state index in [0.717, 1.165) is 5.69 Å². The number of nitrogens with zero attached hydrogens (tertiary/aromatic N) is 4. The number of piperidine rings is 1. The standard InChI is InChI=1S/C16H19N5/c1-20-6-4-12(5-7-20)15-9-18-16-3-2-13(8-14(15)16)21-11-17-10-19-21/h2-3,8-12,18H,4-7H2,1H3. The molecule has 0 atom stereocenters. The number of hydrogen-bond donors (Lipinski definition) is 1. The van der Waals surface area contributed by atoms with Crippen molar-refractivity contribution >= 4 is 10.9 Å². The van der Waals surface area contributed by atoms with E-state index in [4.69, 9.17) is 0 Å². The van der Waals surface area contributed by atoms with Gasteiger partial charge >= 0.3 is 0 Å². The van der Waals surface area contributed by atoms with E-state index >= 15 is 0 Å². The molecule has 5 nitrogen and oxygen atoms in total. The summed E-state index contributed by atoms with van der Waals surface area (Å²) in [6, 6.07) is 6.42. The second kappa shape index (κ2) is 5.00. The summed E-state index contributed by atoms with van der Waals surface area (Å²) in [6.45, 7) is 2.36. The van der Waals surface area contributed by atoms with Gasteiger partial charge in [-0.25, -0.2) is 9.67 Å². The summed E-state index contributed by atoms with van der Waals surface area (Å²) in [6.07, 6.45) is 7.96. The summed E-state index contributed by atoms with van der Waals surface area (Å²) < 4.78 is 1.81. The van der Waals surface area contributed by atoms with Crippen molar-refractivity contribution < 1.29 is 0 Å². The highest BCUT2D eigenvalue weighted by Gasteiger charge is 2.21. The second-order valence-corrected chi connectivity index (χ2v) is 5.89. The average Bonchev–Trinajstić information content (AvgIpc) is 3.17. The van der Waals surface area contributed by atoms with Gasteiger partial charge in [-0.15, -0.1) is 0 Å². The van der Waals surface area contributed by atoms with Gasteiger partial charge in [-0.05, 0) is 62.7 Å². The Labute approximate surface area is 123 Å². The Morgan fingerprint density at radius 3 is 2.86 bits per heavy atom. The maximum atomic E-state index is 4.22. The molecular formula is C16H19N5. The van der Waals surface area contributed by atoms with E-state index in [1.54, 1.807) is 12.7 Å². The SMILES string of the molecule is CN1CCC(c2c[nH]c3ccc(-n4cncn4)cc23)CC1. The molecule has 3 aromatic rings. The molecule has 5 heteroatoms. The summed E-state index contributed by atoms with van der Waals surface area (Å²) in [7, 11) is 2.20. The number of rotatable bonds is 2. The number of benzene rings is 1. The van der Waals surface area contributed by atoms with Gasteiger partial charge < -0.3 is 9.88 Å². The summed E-state index contributed by atoms with van der Waals surface area (Å²) in [5.74, 6) is 0.654. The predicted octanol–water partition coefficient (Wildman–Crippen LogP) is 2.56. The van der Waals surface area contributed by atoms with Gasteiger partial charge in [0, 0.05) is 17.1 Å². The van der Waals surface area contributed by atoms with Gasteiger partial charge in [0.15, 0.2) is 0 Å². The third-order valence-corrected chi connectivity index (χ3v) is 4.54. The van der Waals surface area contributed by atoms with Crippen LogP contribution in [0.1, 0.15) is 24.3 Å². The van der Waals surface area contributed by atoms with Crippen LogP contribution >= 0.6 is 0 Å². The minimum Gasteiger partial charge on any atom is -0.361 e. The van der Waals surface area contributed by atoms with Gasteiger partial charge in [0.2, 0.25) is 0 Å². The van der Waals surface area contributed by atoms with Crippen LogP contribution in [0, 0.1) is 0 Å². The minimum atomic E-state index is 0.654. The molecule has 0 amide bonds. The van der Waals surface area contributed by atoms with Gasteiger partial charge in [0.1, 0.15) is 12.7 Å². The Balaban J connectivity index is 1.74. The topological polar surface area (TPSA) is 49.7 Å². The van der Waals surface area contributed by atoms with Crippen molar-refractivity contribution in [1.29, 1.82) is 0 Å². The fourth-order valence-electron chi connectivity index (χ4n) is 3.27. The molecule has 21 heavy (non-hydrogen) atoms. The maximum Gasteiger partial charge on any atom is 0.138 e. The van der Waals surface area contributed by atoms with Crippen molar-refractivity contribution in [3.05, 3.63) is 42.6 Å². The Hall–Kier alpha value is -2.14. The third-order valence-electron chi connectivity index (χ3n) is 4.54. The maximum absolute atomic E-state index is 4.22. The Morgan fingerprint density at radius 2 is 2.10 bits per heavy atom. The van der Waals surface area contributed by atoms with E-state index in [9.17, 15) is 0 Å². The van der Waals surface area contributed by atoms with E-state index in [1.165, 1.54) is 42.4 Å². The Bertz CT molecular complexity index is 735. The summed E-state index contributed by atoms with van der Waals surface area (Å²) in [5.41, 5.74) is 3.71. The number of fused-ring (bicyclic) bond motifs is 1. The third kappa shape index (κ3) is 2.23. The Kier molecular flexibility index (Phi) is 3.00. The molecule has 108 valence electrons. The summed E-state index contributed by atoms with van der Waals surface area (Å²) in [5, 5.41) is 5.54. The highest BCUT2D eigenvalue weighted by Crippen LogP contribution is 2.33. The highest BCUT2D eigenvalue weighted by atomic mass is 15.3. The van der Waals surface area contributed by atoms with Crippen molar-refractivity contribution in [2.75, 3.05) is 20.1 Å². The van der Waals surface area contributed by atoms with E-state index in [0.29, 0.717) is 5.92 Å². The van der Waals surface area contributed by atoms with Crippen LogP contribution in [-0.2, 0) is 0 Å². The molecule has 1 N–H and O–H groups in total. The van der Waals surface area contributed by atoms with Crippen molar-refractivity contribution in [3.8, 4) is 5.69 Å². The zero-order valence-electron chi connectivity index (χ0n) is 12.2. The minimum absolute atomic E-state index is 0.654. The second-order valence-electron chi connectivity index (χ2n) is 5.89. The van der Waals surface area contributed by atoms with Crippen LogP contribution in [0.15, 0.2) is 37.1 Å². The molecule has 0 aliphatic carbocycles. The zero-order chi connectivity index (χ0) is 14.2. The molecule has 0 saturated carbocycles. The molecule has 0 unspecified atom stereocenters. The fraction of sp³-hybridized carbons (Fsp3) is 0.375. The van der Waals surface area contributed by atoms with Crippen LogP contribution in [-0.4, -0.2) is 44.8 Å². The molecule has 1 saturated heterocycles. The van der Waals surface area contributed by atoms with Crippen LogP contribution in [0.25, 0.3) is 16.6 Å².